The summed E-state index contributed by atoms with van der Waals surface area (Å²) in [6, 6.07) is 16.8. The monoisotopic (exact) mass is 302 g/mol. The molecule has 2 N–H and O–H groups in total. The summed E-state index contributed by atoms with van der Waals surface area (Å²) in [5.41, 5.74) is 0. The predicted molar refractivity (Wildman–Crippen MR) is 80.8 cm³/mol. The molecule has 2 aromatic rings. The van der Waals surface area contributed by atoms with Crippen LogP contribution in [-0.4, -0.2) is 28.1 Å². The fourth-order valence-electron chi connectivity index (χ4n) is 1.98. The van der Waals surface area contributed by atoms with Crippen LogP contribution in [0, 0.1) is 0 Å². The maximum Gasteiger partial charge on any atom is 0.393 e. The molecule has 5 heteroatoms. The van der Waals surface area contributed by atoms with Gasteiger partial charge >= 0.3 is 11.8 Å². The van der Waals surface area contributed by atoms with Crippen LogP contribution in [0.1, 0.15) is 13.3 Å². The maximum atomic E-state index is 11.8. The third-order valence-corrected chi connectivity index (χ3v) is 3.15. The van der Waals surface area contributed by atoms with E-state index in [9.17, 15) is 15.0 Å². The van der Waals surface area contributed by atoms with E-state index >= 15 is 0 Å². The van der Waals surface area contributed by atoms with Crippen molar-refractivity contribution >= 4 is 5.97 Å². The van der Waals surface area contributed by atoms with Crippen molar-refractivity contribution in [2.24, 2.45) is 0 Å². The standard InChI is InChI=1S/C17H18O5/c1-2-15(18)17(16(19)20,21-13-9-5-3-6-10-13)22-14-11-7-4-8-12-14/h3-12,15,18H,2H2,1H3,(H,19,20). The third-order valence-electron chi connectivity index (χ3n) is 3.15. The zero-order valence-electron chi connectivity index (χ0n) is 12.2. The van der Waals surface area contributed by atoms with E-state index in [1.54, 1.807) is 67.6 Å². The molecule has 2 rings (SSSR count). The van der Waals surface area contributed by atoms with Crippen LogP contribution in [0.5, 0.6) is 11.5 Å². The number of ether oxygens (including phenoxy) is 2. The minimum absolute atomic E-state index is 0.159. The van der Waals surface area contributed by atoms with Gasteiger partial charge in [0.25, 0.3) is 0 Å². The lowest BCUT2D eigenvalue weighted by atomic mass is 10.1. The van der Waals surface area contributed by atoms with E-state index in [4.69, 9.17) is 9.47 Å². The van der Waals surface area contributed by atoms with Gasteiger partial charge in [0.1, 0.15) is 17.6 Å². The van der Waals surface area contributed by atoms with Gasteiger partial charge in [-0.15, -0.1) is 0 Å². The first-order valence-corrected chi connectivity index (χ1v) is 6.98. The quantitative estimate of drug-likeness (QED) is 0.769. The Balaban J connectivity index is 2.39. The lowest BCUT2D eigenvalue weighted by Crippen LogP contribution is -2.58. The van der Waals surface area contributed by atoms with Gasteiger partial charge in [-0.1, -0.05) is 43.3 Å². The van der Waals surface area contributed by atoms with Gasteiger partial charge in [0.15, 0.2) is 0 Å². The highest BCUT2D eigenvalue weighted by molar-refractivity contribution is 5.77. The Bertz CT molecular complexity index is 555. The number of carbonyl (C=O) groups is 1. The van der Waals surface area contributed by atoms with Crippen LogP contribution in [0.2, 0.25) is 0 Å². The molecule has 0 aliphatic carbocycles. The summed E-state index contributed by atoms with van der Waals surface area (Å²) in [4.78, 5) is 11.8. The number of aliphatic hydroxyl groups is 1. The van der Waals surface area contributed by atoms with Crippen LogP contribution in [0.4, 0.5) is 0 Å². The highest BCUT2D eigenvalue weighted by atomic mass is 16.7. The Kier molecular flexibility index (Phi) is 5.01. The molecule has 0 heterocycles. The van der Waals surface area contributed by atoms with E-state index in [-0.39, 0.29) is 6.42 Å². The van der Waals surface area contributed by atoms with Crippen molar-refractivity contribution in [2.75, 3.05) is 0 Å². The van der Waals surface area contributed by atoms with Crippen molar-refractivity contribution < 1.29 is 24.5 Å². The number of hydrogen-bond donors (Lipinski definition) is 2. The SMILES string of the molecule is CCC(O)C(Oc1ccccc1)(Oc1ccccc1)C(=O)O. The van der Waals surface area contributed by atoms with Crippen molar-refractivity contribution in [3.63, 3.8) is 0 Å². The Labute approximate surface area is 128 Å². The zero-order chi connectivity index (χ0) is 16.0. The van der Waals surface area contributed by atoms with Crippen LogP contribution in [0.3, 0.4) is 0 Å². The maximum absolute atomic E-state index is 11.8. The average molecular weight is 302 g/mol. The zero-order valence-corrected chi connectivity index (χ0v) is 12.2. The molecular weight excluding hydrogens is 284 g/mol. The van der Waals surface area contributed by atoms with E-state index < -0.39 is 17.9 Å². The van der Waals surface area contributed by atoms with Gasteiger partial charge in [-0.3, -0.25) is 0 Å². The van der Waals surface area contributed by atoms with Crippen LogP contribution in [0.25, 0.3) is 0 Å². The first-order valence-electron chi connectivity index (χ1n) is 6.98. The largest absolute Gasteiger partial charge is 0.475 e. The van der Waals surface area contributed by atoms with Crippen LogP contribution in [0.15, 0.2) is 60.7 Å². The van der Waals surface area contributed by atoms with Gasteiger partial charge in [0.2, 0.25) is 0 Å². The second-order valence-electron chi connectivity index (χ2n) is 4.73. The molecule has 22 heavy (non-hydrogen) atoms. The highest BCUT2D eigenvalue weighted by Crippen LogP contribution is 2.27. The molecule has 0 radical (unpaired) electrons. The van der Waals surface area contributed by atoms with Gasteiger partial charge in [-0.2, -0.15) is 0 Å². The molecule has 116 valence electrons. The second kappa shape index (κ2) is 6.95. The Morgan fingerprint density at radius 1 is 1.00 bits per heavy atom. The lowest BCUT2D eigenvalue weighted by molar-refractivity contribution is -0.213. The molecular formula is C17H18O5. The second-order valence-corrected chi connectivity index (χ2v) is 4.73. The molecule has 0 aliphatic heterocycles. The molecule has 5 nitrogen and oxygen atoms in total. The number of para-hydroxylation sites is 2. The van der Waals surface area contributed by atoms with Gasteiger partial charge in [0.05, 0.1) is 0 Å². The van der Waals surface area contributed by atoms with Crippen molar-refractivity contribution in [1.82, 2.24) is 0 Å². The molecule has 0 bridgehead atoms. The summed E-state index contributed by atoms with van der Waals surface area (Å²) in [5.74, 6) is -3.01. The lowest BCUT2D eigenvalue weighted by Gasteiger charge is -2.33. The number of aliphatic carboxylic acids is 1. The number of rotatable bonds is 7. The van der Waals surface area contributed by atoms with Crippen LogP contribution in [-0.2, 0) is 4.79 Å². The molecule has 1 atom stereocenters. The van der Waals surface area contributed by atoms with E-state index in [0.717, 1.165) is 0 Å². The Morgan fingerprint density at radius 3 is 1.73 bits per heavy atom. The molecule has 0 saturated carbocycles. The Morgan fingerprint density at radius 2 is 1.41 bits per heavy atom. The summed E-state index contributed by atoms with van der Waals surface area (Å²) in [6.07, 6.45) is -1.18. The summed E-state index contributed by atoms with van der Waals surface area (Å²) in [5, 5.41) is 19.9. The van der Waals surface area contributed by atoms with Crippen molar-refractivity contribution in [3.8, 4) is 11.5 Å². The van der Waals surface area contributed by atoms with Crippen molar-refractivity contribution in [2.45, 2.75) is 25.2 Å². The normalized spacial score (nSPS) is 12.5. The van der Waals surface area contributed by atoms with Crippen molar-refractivity contribution in [3.05, 3.63) is 60.7 Å². The third kappa shape index (κ3) is 3.38. The van der Waals surface area contributed by atoms with Gasteiger partial charge < -0.3 is 19.7 Å². The fraction of sp³-hybridized carbons (Fsp3) is 0.235. The molecule has 0 fully saturated rings. The van der Waals surface area contributed by atoms with Gasteiger partial charge in [-0.05, 0) is 30.7 Å². The highest BCUT2D eigenvalue weighted by Gasteiger charge is 2.51. The molecule has 0 saturated heterocycles. The minimum atomic E-state index is -2.21. The van der Waals surface area contributed by atoms with Crippen LogP contribution >= 0.6 is 0 Å². The van der Waals surface area contributed by atoms with Gasteiger partial charge in [-0.25, -0.2) is 4.79 Å². The van der Waals surface area contributed by atoms with E-state index in [1.165, 1.54) is 0 Å². The summed E-state index contributed by atoms with van der Waals surface area (Å²) >= 11 is 0. The fourth-order valence-corrected chi connectivity index (χ4v) is 1.98. The summed E-state index contributed by atoms with van der Waals surface area (Å²) in [6.45, 7) is 1.66. The smallest absolute Gasteiger partial charge is 0.393 e. The predicted octanol–water partition coefficient (Wildman–Crippen LogP) is 2.70. The van der Waals surface area contributed by atoms with Crippen molar-refractivity contribution in [1.29, 1.82) is 0 Å². The minimum Gasteiger partial charge on any atom is -0.475 e. The molecule has 1 unspecified atom stereocenters. The topological polar surface area (TPSA) is 76.0 Å². The number of benzene rings is 2. The molecule has 0 spiro atoms. The Hall–Kier alpha value is -2.53. The first-order chi connectivity index (χ1) is 10.6. The van der Waals surface area contributed by atoms with Gasteiger partial charge in [0, 0.05) is 0 Å². The molecule has 2 aromatic carbocycles. The average Bonchev–Trinajstić information content (AvgIpc) is 2.55. The number of hydrogen-bond acceptors (Lipinski definition) is 4. The summed E-state index contributed by atoms with van der Waals surface area (Å²) in [7, 11) is 0. The van der Waals surface area contributed by atoms with E-state index in [0.29, 0.717) is 11.5 Å². The summed E-state index contributed by atoms with van der Waals surface area (Å²) < 4.78 is 11.1. The van der Waals surface area contributed by atoms with E-state index in [1.807, 2.05) is 0 Å². The molecule has 0 aromatic heterocycles. The number of carboxylic acids is 1. The van der Waals surface area contributed by atoms with Crippen LogP contribution < -0.4 is 9.47 Å². The first kappa shape index (κ1) is 15.9. The number of aliphatic hydroxyl groups excluding tert-OH is 1. The number of carboxylic acid groups (broad SMARTS) is 1. The van der Waals surface area contributed by atoms with E-state index in [2.05, 4.69) is 0 Å². The molecule has 0 amide bonds. The molecule has 0 aliphatic rings.